The Kier molecular flexibility index (Phi) is 5.63. The first-order valence-electron chi connectivity index (χ1n) is 8.00. The molecule has 1 aromatic heterocycles. The molecule has 0 bridgehead atoms. The van der Waals surface area contributed by atoms with Gasteiger partial charge in [0.05, 0.1) is 12.0 Å². The van der Waals surface area contributed by atoms with Crippen molar-refractivity contribution in [1.29, 1.82) is 0 Å². The molecule has 0 amide bonds. The van der Waals surface area contributed by atoms with Crippen LogP contribution in [0.1, 0.15) is 43.6 Å². The van der Waals surface area contributed by atoms with E-state index in [2.05, 4.69) is 16.7 Å². The van der Waals surface area contributed by atoms with Crippen molar-refractivity contribution in [2.75, 3.05) is 0 Å². The maximum Gasteiger partial charge on any atom is 0.416 e. The molecule has 0 radical (unpaired) electrons. The van der Waals surface area contributed by atoms with E-state index in [9.17, 15) is 26.7 Å². The van der Waals surface area contributed by atoms with Crippen LogP contribution >= 0.6 is 0 Å². The van der Waals surface area contributed by atoms with Crippen molar-refractivity contribution in [1.82, 2.24) is 10.1 Å². The highest BCUT2D eigenvalue weighted by Crippen LogP contribution is 2.36. The number of carbonyl (C=O) groups excluding carboxylic acids is 1. The smallest absolute Gasteiger partial charge is 0.416 e. The molecular formula is C18H17F5N2O3. The molecule has 10 heteroatoms. The van der Waals surface area contributed by atoms with E-state index < -0.39 is 40.6 Å². The van der Waals surface area contributed by atoms with Gasteiger partial charge in [-0.15, -0.1) is 0 Å². The molecule has 2 rings (SSSR count). The molecule has 0 spiro atoms. The quantitative estimate of drug-likeness (QED) is 0.412. The van der Waals surface area contributed by atoms with Crippen molar-refractivity contribution in [2.24, 2.45) is 0 Å². The molecule has 2 aromatic rings. The molecule has 0 saturated heterocycles. The molecule has 0 N–H and O–H groups in total. The van der Waals surface area contributed by atoms with E-state index in [1.54, 1.807) is 20.8 Å². The largest absolute Gasteiger partial charge is 0.457 e. The lowest BCUT2D eigenvalue weighted by molar-refractivity contribution is -0.150. The van der Waals surface area contributed by atoms with Crippen LogP contribution in [0.15, 0.2) is 40.9 Å². The monoisotopic (exact) mass is 404 g/mol. The van der Waals surface area contributed by atoms with Gasteiger partial charge in [0.2, 0.25) is 11.7 Å². The Morgan fingerprint density at radius 3 is 2.11 bits per heavy atom. The molecule has 1 aromatic carbocycles. The van der Waals surface area contributed by atoms with Crippen LogP contribution in [-0.4, -0.2) is 21.7 Å². The van der Waals surface area contributed by atoms with Crippen LogP contribution in [0.25, 0.3) is 0 Å². The van der Waals surface area contributed by atoms with E-state index in [-0.39, 0.29) is 17.9 Å². The standard InChI is InChI=1S/C18H17F5N2O3/c1-10(14(26)27-16(2,3)4)9-13-24-15(25-28-13)17(19,20)11-5-7-12(8-6-11)18(21,22)23/h5-8H,1,9H2,2-4H3. The fourth-order valence-corrected chi connectivity index (χ4v) is 2.06. The highest BCUT2D eigenvalue weighted by atomic mass is 19.4. The zero-order chi connectivity index (χ0) is 21.3. The number of alkyl halides is 5. The van der Waals surface area contributed by atoms with Crippen LogP contribution in [0, 0.1) is 0 Å². The van der Waals surface area contributed by atoms with Crippen LogP contribution in [0.4, 0.5) is 22.0 Å². The lowest BCUT2D eigenvalue weighted by Gasteiger charge is -2.19. The summed E-state index contributed by atoms with van der Waals surface area (Å²) in [6.45, 7) is 8.44. The van der Waals surface area contributed by atoms with Gasteiger partial charge < -0.3 is 9.26 Å². The Bertz CT molecular complexity index is 865. The number of hydrogen-bond acceptors (Lipinski definition) is 5. The predicted octanol–water partition coefficient (Wildman–Crippen LogP) is 4.67. The normalized spacial score (nSPS) is 12.7. The van der Waals surface area contributed by atoms with Gasteiger partial charge in [0, 0.05) is 11.1 Å². The number of carbonyl (C=O) groups is 1. The minimum absolute atomic E-state index is 0.0806. The third-order valence-electron chi connectivity index (χ3n) is 3.38. The molecule has 152 valence electrons. The second-order valence-corrected chi connectivity index (χ2v) is 6.94. The maximum atomic E-state index is 14.5. The first-order valence-corrected chi connectivity index (χ1v) is 8.00. The highest BCUT2D eigenvalue weighted by molar-refractivity contribution is 5.88. The Morgan fingerprint density at radius 2 is 1.61 bits per heavy atom. The molecule has 5 nitrogen and oxygen atoms in total. The van der Waals surface area contributed by atoms with Gasteiger partial charge in [-0.25, -0.2) is 4.79 Å². The lowest BCUT2D eigenvalue weighted by atomic mass is 10.1. The van der Waals surface area contributed by atoms with E-state index in [1.165, 1.54) is 0 Å². The predicted molar refractivity (Wildman–Crippen MR) is 87.4 cm³/mol. The number of hydrogen-bond donors (Lipinski definition) is 0. The van der Waals surface area contributed by atoms with Crippen molar-refractivity contribution in [2.45, 2.75) is 44.9 Å². The maximum absolute atomic E-state index is 14.5. The summed E-state index contributed by atoms with van der Waals surface area (Å²) in [5.74, 6) is -5.89. The fourth-order valence-electron chi connectivity index (χ4n) is 2.06. The summed E-state index contributed by atoms with van der Waals surface area (Å²) in [6.07, 6.45) is -4.96. The minimum atomic E-state index is -4.64. The third-order valence-corrected chi connectivity index (χ3v) is 3.38. The highest BCUT2D eigenvalue weighted by Gasteiger charge is 2.40. The second-order valence-electron chi connectivity index (χ2n) is 6.94. The zero-order valence-corrected chi connectivity index (χ0v) is 15.2. The van der Waals surface area contributed by atoms with E-state index in [0.29, 0.717) is 24.3 Å². The van der Waals surface area contributed by atoms with Crippen molar-refractivity contribution < 1.29 is 36.0 Å². The van der Waals surface area contributed by atoms with Gasteiger partial charge in [-0.3, -0.25) is 0 Å². The molecule has 0 aliphatic rings. The third kappa shape index (κ3) is 5.14. The molecule has 0 aliphatic carbocycles. The molecule has 0 fully saturated rings. The Labute approximate surface area is 157 Å². The number of esters is 1. The van der Waals surface area contributed by atoms with Crippen LogP contribution in [0.5, 0.6) is 0 Å². The van der Waals surface area contributed by atoms with Crippen molar-refractivity contribution >= 4 is 5.97 Å². The van der Waals surface area contributed by atoms with E-state index >= 15 is 0 Å². The first kappa shape index (κ1) is 21.5. The number of nitrogens with zero attached hydrogens (tertiary/aromatic N) is 2. The van der Waals surface area contributed by atoms with E-state index in [4.69, 9.17) is 9.26 Å². The summed E-state index contributed by atoms with van der Waals surface area (Å²) in [5, 5.41) is 3.17. The van der Waals surface area contributed by atoms with Crippen LogP contribution in [-0.2, 0) is 28.1 Å². The Morgan fingerprint density at radius 1 is 1.07 bits per heavy atom. The second kappa shape index (κ2) is 7.33. The SMILES string of the molecule is C=C(Cc1nc(C(F)(F)c2ccc(C(F)(F)F)cc2)no1)C(=O)OC(C)(C)C. The van der Waals surface area contributed by atoms with Gasteiger partial charge in [0.1, 0.15) is 5.60 Å². The molecule has 1 heterocycles. The number of aromatic nitrogens is 2. The van der Waals surface area contributed by atoms with Gasteiger partial charge >= 0.3 is 18.1 Å². The van der Waals surface area contributed by atoms with Crippen molar-refractivity contribution in [3.05, 3.63) is 59.3 Å². The van der Waals surface area contributed by atoms with Gasteiger partial charge in [0.25, 0.3) is 0 Å². The number of rotatable bonds is 5. The van der Waals surface area contributed by atoms with Crippen LogP contribution < -0.4 is 0 Å². The molecular weight excluding hydrogens is 387 g/mol. The number of ether oxygens (including phenoxy) is 1. The van der Waals surface area contributed by atoms with Gasteiger partial charge in [0.15, 0.2) is 0 Å². The molecule has 0 saturated carbocycles. The minimum Gasteiger partial charge on any atom is -0.457 e. The van der Waals surface area contributed by atoms with Gasteiger partial charge in [-0.1, -0.05) is 23.9 Å². The fraction of sp³-hybridized carbons (Fsp3) is 0.389. The van der Waals surface area contributed by atoms with Crippen molar-refractivity contribution in [3.8, 4) is 0 Å². The summed E-state index contributed by atoms with van der Waals surface area (Å²) in [4.78, 5) is 15.4. The van der Waals surface area contributed by atoms with Gasteiger partial charge in [-0.05, 0) is 32.9 Å². The molecule has 0 aliphatic heterocycles. The van der Waals surface area contributed by atoms with Crippen LogP contribution in [0.3, 0.4) is 0 Å². The van der Waals surface area contributed by atoms with Crippen molar-refractivity contribution in [3.63, 3.8) is 0 Å². The van der Waals surface area contributed by atoms with E-state index in [0.717, 1.165) is 0 Å². The zero-order valence-electron chi connectivity index (χ0n) is 15.2. The number of halogens is 5. The van der Waals surface area contributed by atoms with Crippen LogP contribution in [0.2, 0.25) is 0 Å². The summed E-state index contributed by atoms with van der Waals surface area (Å²) in [6, 6.07) is 2.35. The summed E-state index contributed by atoms with van der Waals surface area (Å²) < 4.78 is 76.4. The number of benzene rings is 1. The molecule has 0 atom stereocenters. The lowest BCUT2D eigenvalue weighted by Crippen LogP contribution is -2.25. The summed E-state index contributed by atoms with van der Waals surface area (Å²) in [5.41, 5.74) is -2.65. The van der Waals surface area contributed by atoms with Gasteiger partial charge in [-0.2, -0.15) is 26.9 Å². The topological polar surface area (TPSA) is 65.2 Å². The average molecular weight is 404 g/mol. The van der Waals surface area contributed by atoms with E-state index in [1.807, 2.05) is 0 Å². The summed E-state index contributed by atoms with van der Waals surface area (Å²) in [7, 11) is 0. The molecule has 28 heavy (non-hydrogen) atoms. The Hall–Kier alpha value is -2.78. The summed E-state index contributed by atoms with van der Waals surface area (Å²) >= 11 is 0. The average Bonchev–Trinajstić information content (AvgIpc) is 3.02. The Balaban J connectivity index is 2.15. The molecule has 0 unspecified atom stereocenters. The first-order chi connectivity index (χ1) is 12.7.